The third-order valence-corrected chi connectivity index (χ3v) is 3.58. The minimum Gasteiger partial charge on any atom is -0.326 e. The highest BCUT2D eigenvalue weighted by molar-refractivity contribution is 5.96. The third-order valence-electron chi connectivity index (χ3n) is 3.58. The summed E-state index contributed by atoms with van der Waals surface area (Å²) in [5.74, 6) is -0.836. The number of rotatable bonds is 4. The van der Waals surface area contributed by atoms with Gasteiger partial charge in [-0.05, 0) is 43.2 Å². The third kappa shape index (κ3) is 5.46. The average Bonchev–Trinajstić information content (AvgIpc) is 2.54. The summed E-state index contributed by atoms with van der Waals surface area (Å²) in [6, 6.07) is 12.4. The molecule has 0 spiro atoms. The number of hydrogen-bond acceptors (Lipinski definition) is 3. The van der Waals surface area contributed by atoms with E-state index in [1.165, 1.54) is 6.92 Å². The number of carbonyl (C=O) groups is 3. The Kier molecular flexibility index (Phi) is 5.89. The summed E-state index contributed by atoms with van der Waals surface area (Å²) in [4.78, 5) is 35.0. The highest BCUT2D eigenvalue weighted by atomic mass is 16.2. The summed E-state index contributed by atoms with van der Waals surface area (Å²) in [5, 5.41) is 2.66. The Balaban J connectivity index is 1.87. The maximum absolute atomic E-state index is 12.1. The van der Waals surface area contributed by atoms with Crippen molar-refractivity contribution < 1.29 is 14.4 Å². The van der Waals surface area contributed by atoms with Gasteiger partial charge >= 0.3 is 0 Å². The Morgan fingerprint density at radius 2 is 1.60 bits per heavy atom. The van der Waals surface area contributed by atoms with Gasteiger partial charge in [-0.1, -0.05) is 29.8 Å². The van der Waals surface area contributed by atoms with Crippen molar-refractivity contribution in [1.29, 1.82) is 0 Å². The second kappa shape index (κ2) is 8.10. The number of benzene rings is 2. The van der Waals surface area contributed by atoms with E-state index in [1.54, 1.807) is 30.3 Å². The molecule has 0 heterocycles. The fourth-order valence-corrected chi connectivity index (χ4v) is 2.40. The standard InChI is InChI=1S/C19H21N3O3/c1-12-4-9-17(13(2)10-12)19(25)22-21-18(24)11-15-5-7-16(8-6-15)20-14(3)23/h4-10H,11H2,1-3H3,(H,20,23)(H,21,24)(H,22,25). The fourth-order valence-electron chi connectivity index (χ4n) is 2.40. The zero-order valence-corrected chi connectivity index (χ0v) is 14.5. The monoisotopic (exact) mass is 339 g/mol. The van der Waals surface area contributed by atoms with Gasteiger partial charge in [-0.2, -0.15) is 0 Å². The first kappa shape index (κ1) is 18.2. The molecule has 6 heteroatoms. The molecule has 0 aromatic heterocycles. The van der Waals surface area contributed by atoms with Crippen LogP contribution in [0.3, 0.4) is 0 Å². The minimum atomic E-state index is -0.355. The molecule has 0 bridgehead atoms. The Morgan fingerprint density at radius 3 is 2.20 bits per heavy atom. The average molecular weight is 339 g/mol. The molecule has 2 aromatic carbocycles. The SMILES string of the molecule is CC(=O)Nc1ccc(CC(=O)NNC(=O)c2ccc(C)cc2C)cc1. The Labute approximate surface area is 146 Å². The fraction of sp³-hybridized carbons (Fsp3) is 0.211. The van der Waals surface area contributed by atoms with Crippen molar-refractivity contribution in [3.8, 4) is 0 Å². The van der Waals surface area contributed by atoms with Gasteiger partial charge in [-0.25, -0.2) is 0 Å². The van der Waals surface area contributed by atoms with Gasteiger partial charge < -0.3 is 5.32 Å². The Morgan fingerprint density at radius 1 is 0.920 bits per heavy atom. The van der Waals surface area contributed by atoms with Crippen LogP contribution in [-0.4, -0.2) is 17.7 Å². The molecule has 0 fully saturated rings. The van der Waals surface area contributed by atoms with Gasteiger partial charge in [0, 0.05) is 18.2 Å². The largest absolute Gasteiger partial charge is 0.326 e. The van der Waals surface area contributed by atoms with E-state index in [1.807, 2.05) is 26.0 Å². The van der Waals surface area contributed by atoms with Crippen molar-refractivity contribution in [3.63, 3.8) is 0 Å². The van der Waals surface area contributed by atoms with Crippen molar-refractivity contribution in [1.82, 2.24) is 10.9 Å². The second-order valence-corrected chi connectivity index (χ2v) is 5.88. The van der Waals surface area contributed by atoms with E-state index in [0.717, 1.165) is 16.7 Å². The van der Waals surface area contributed by atoms with Crippen LogP contribution in [0.1, 0.15) is 34.0 Å². The van der Waals surface area contributed by atoms with Crippen molar-refractivity contribution in [3.05, 3.63) is 64.7 Å². The molecule has 0 radical (unpaired) electrons. The molecule has 0 atom stereocenters. The van der Waals surface area contributed by atoms with Crippen LogP contribution < -0.4 is 16.2 Å². The van der Waals surface area contributed by atoms with E-state index in [4.69, 9.17) is 0 Å². The van der Waals surface area contributed by atoms with Gasteiger partial charge in [0.25, 0.3) is 5.91 Å². The first-order valence-corrected chi connectivity index (χ1v) is 7.88. The molecule has 3 N–H and O–H groups in total. The maximum atomic E-state index is 12.1. The van der Waals surface area contributed by atoms with Crippen LogP contribution >= 0.6 is 0 Å². The summed E-state index contributed by atoms with van der Waals surface area (Å²) in [6.07, 6.45) is 0.119. The first-order chi connectivity index (χ1) is 11.8. The predicted octanol–water partition coefficient (Wildman–Crippen LogP) is 2.27. The van der Waals surface area contributed by atoms with Crippen LogP contribution in [0, 0.1) is 13.8 Å². The molecule has 0 saturated carbocycles. The number of amides is 3. The van der Waals surface area contributed by atoms with Gasteiger partial charge in [0.2, 0.25) is 11.8 Å². The van der Waals surface area contributed by atoms with Gasteiger partial charge in [-0.3, -0.25) is 25.2 Å². The van der Waals surface area contributed by atoms with Gasteiger partial charge in [-0.15, -0.1) is 0 Å². The lowest BCUT2D eigenvalue weighted by atomic mass is 10.1. The van der Waals surface area contributed by atoms with Crippen LogP contribution in [0.25, 0.3) is 0 Å². The Hall–Kier alpha value is -3.15. The molecule has 2 aromatic rings. The zero-order chi connectivity index (χ0) is 18.4. The number of aryl methyl sites for hydroxylation is 2. The van der Waals surface area contributed by atoms with Gasteiger partial charge in [0.15, 0.2) is 0 Å². The summed E-state index contributed by atoms with van der Waals surface area (Å²) in [5.41, 5.74) is 8.71. The van der Waals surface area contributed by atoms with Gasteiger partial charge in [0.1, 0.15) is 0 Å². The van der Waals surface area contributed by atoms with Crippen LogP contribution in [0.15, 0.2) is 42.5 Å². The first-order valence-electron chi connectivity index (χ1n) is 7.88. The van der Waals surface area contributed by atoms with E-state index in [0.29, 0.717) is 11.3 Å². The van der Waals surface area contributed by atoms with Crippen molar-refractivity contribution >= 4 is 23.4 Å². The predicted molar refractivity (Wildman–Crippen MR) is 96.0 cm³/mol. The molecule has 2 rings (SSSR count). The molecular weight excluding hydrogens is 318 g/mol. The molecule has 3 amide bonds. The molecule has 6 nitrogen and oxygen atoms in total. The maximum Gasteiger partial charge on any atom is 0.269 e. The lowest BCUT2D eigenvalue weighted by Gasteiger charge is -2.10. The molecular formula is C19H21N3O3. The minimum absolute atomic E-state index is 0.119. The van der Waals surface area contributed by atoms with Crippen molar-refractivity contribution in [2.24, 2.45) is 0 Å². The lowest BCUT2D eigenvalue weighted by Crippen LogP contribution is -2.42. The van der Waals surface area contributed by atoms with Crippen LogP contribution in [0.2, 0.25) is 0 Å². The van der Waals surface area contributed by atoms with E-state index >= 15 is 0 Å². The van der Waals surface area contributed by atoms with E-state index in [9.17, 15) is 14.4 Å². The number of nitrogens with one attached hydrogen (secondary N) is 3. The molecule has 0 aliphatic heterocycles. The normalized spacial score (nSPS) is 10.0. The van der Waals surface area contributed by atoms with Crippen molar-refractivity contribution in [2.75, 3.05) is 5.32 Å². The number of hydrazine groups is 1. The van der Waals surface area contributed by atoms with Crippen LogP contribution in [0.5, 0.6) is 0 Å². The number of carbonyl (C=O) groups excluding carboxylic acids is 3. The summed E-state index contributed by atoms with van der Waals surface area (Å²) in [6.45, 7) is 5.23. The lowest BCUT2D eigenvalue weighted by molar-refractivity contribution is -0.121. The zero-order valence-electron chi connectivity index (χ0n) is 14.5. The van der Waals surface area contributed by atoms with E-state index in [2.05, 4.69) is 16.2 Å². The molecule has 130 valence electrons. The topological polar surface area (TPSA) is 87.3 Å². The van der Waals surface area contributed by atoms with Crippen LogP contribution in [0.4, 0.5) is 5.69 Å². The summed E-state index contributed by atoms with van der Waals surface area (Å²) >= 11 is 0. The van der Waals surface area contributed by atoms with Crippen molar-refractivity contribution in [2.45, 2.75) is 27.2 Å². The summed E-state index contributed by atoms with van der Waals surface area (Å²) in [7, 11) is 0. The molecule has 25 heavy (non-hydrogen) atoms. The second-order valence-electron chi connectivity index (χ2n) is 5.88. The Bertz CT molecular complexity index is 798. The highest BCUT2D eigenvalue weighted by Crippen LogP contribution is 2.11. The summed E-state index contributed by atoms with van der Waals surface area (Å²) < 4.78 is 0. The molecule has 0 aliphatic carbocycles. The smallest absolute Gasteiger partial charge is 0.269 e. The molecule has 0 aliphatic rings. The molecule has 0 saturated heterocycles. The number of hydrogen-bond donors (Lipinski definition) is 3. The molecule has 0 unspecified atom stereocenters. The van der Waals surface area contributed by atoms with E-state index < -0.39 is 0 Å². The van der Waals surface area contributed by atoms with Gasteiger partial charge in [0.05, 0.1) is 6.42 Å². The number of anilines is 1. The highest BCUT2D eigenvalue weighted by Gasteiger charge is 2.10. The van der Waals surface area contributed by atoms with E-state index in [-0.39, 0.29) is 24.1 Å². The quantitative estimate of drug-likeness (QED) is 0.747. The van der Waals surface area contributed by atoms with Crippen LogP contribution in [-0.2, 0) is 16.0 Å².